The highest BCUT2D eigenvalue weighted by Gasteiger charge is 2.06. The van der Waals surface area contributed by atoms with Crippen molar-refractivity contribution in [1.82, 2.24) is 15.1 Å². The topological polar surface area (TPSA) is 29.9 Å². The summed E-state index contributed by atoms with van der Waals surface area (Å²) in [6.45, 7) is 4.41. The second-order valence-corrected chi connectivity index (χ2v) is 4.85. The van der Waals surface area contributed by atoms with Gasteiger partial charge in [-0.15, -0.1) is 0 Å². The number of hydrogen-bond donors (Lipinski definition) is 1. The van der Waals surface area contributed by atoms with Crippen LogP contribution in [0.15, 0.2) is 34.9 Å². The molecule has 0 aliphatic heterocycles. The molecule has 0 radical (unpaired) electrons. The number of rotatable bonds is 5. The van der Waals surface area contributed by atoms with E-state index in [1.165, 1.54) is 12.1 Å². The van der Waals surface area contributed by atoms with Gasteiger partial charge in [-0.2, -0.15) is 5.10 Å². The Bertz CT molecular complexity index is 525. The molecule has 3 nitrogen and oxygen atoms in total. The molecule has 0 fully saturated rings. The third kappa shape index (κ3) is 3.17. The fraction of sp³-hybridized carbons (Fsp3) is 0.308. The highest BCUT2D eigenvalue weighted by molar-refractivity contribution is 9.10. The summed E-state index contributed by atoms with van der Waals surface area (Å²) < 4.78 is 15.7. The summed E-state index contributed by atoms with van der Waals surface area (Å²) in [5.74, 6) is -0.237. The molecule has 1 N–H and O–H groups in total. The van der Waals surface area contributed by atoms with E-state index in [0.717, 1.165) is 28.8 Å². The van der Waals surface area contributed by atoms with Crippen LogP contribution in [0.1, 0.15) is 18.2 Å². The number of hydrogen-bond acceptors (Lipinski definition) is 2. The number of halogens is 2. The molecule has 18 heavy (non-hydrogen) atoms. The van der Waals surface area contributed by atoms with Gasteiger partial charge in [0.25, 0.3) is 0 Å². The average Bonchev–Trinajstić information content (AvgIpc) is 2.77. The third-order valence-electron chi connectivity index (χ3n) is 2.70. The summed E-state index contributed by atoms with van der Waals surface area (Å²) in [6.07, 6.45) is 1.78. The first-order chi connectivity index (χ1) is 8.70. The van der Waals surface area contributed by atoms with Crippen LogP contribution in [0, 0.1) is 5.82 Å². The van der Waals surface area contributed by atoms with Crippen LogP contribution < -0.4 is 5.32 Å². The zero-order valence-electron chi connectivity index (χ0n) is 10.2. The van der Waals surface area contributed by atoms with Gasteiger partial charge in [-0.25, -0.2) is 4.39 Å². The van der Waals surface area contributed by atoms with E-state index in [2.05, 4.69) is 33.3 Å². The van der Waals surface area contributed by atoms with Crippen LogP contribution in [0.5, 0.6) is 0 Å². The first-order valence-electron chi connectivity index (χ1n) is 5.86. The number of benzene rings is 1. The molecular weight excluding hydrogens is 297 g/mol. The summed E-state index contributed by atoms with van der Waals surface area (Å²) in [5.41, 5.74) is 2.13. The first kappa shape index (κ1) is 13.2. The van der Waals surface area contributed by atoms with E-state index >= 15 is 0 Å². The van der Waals surface area contributed by atoms with Crippen LogP contribution in [0.4, 0.5) is 4.39 Å². The molecule has 1 aromatic carbocycles. The number of aromatic nitrogens is 2. The molecule has 1 heterocycles. The van der Waals surface area contributed by atoms with Gasteiger partial charge in [-0.05, 0) is 30.3 Å². The highest BCUT2D eigenvalue weighted by atomic mass is 79.9. The molecule has 0 saturated heterocycles. The van der Waals surface area contributed by atoms with Gasteiger partial charge in [0.2, 0.25) is 0 Å². The molecule has 0 atom stereocenters. The molecule has 96 valence electrons. The molecule has 5 heteroatoms. The van der Waals surface area contributed by atoms with Gasteiger partial charge >= 0.3 is 0 Å². The fourth-order valence-electron chi connectivity index (χ4n) is 1.72. The van der Waals surface area contributed by atoms with Crippen LogP contribution >= 0.6 is 15.9 Å². The second-order valence-electron chi connectivity index (χ2n) is 4.00. The van der Waals surface area contributed by atoms with Crippen molar-refractivity contribution in [1.29, 1.82) is 0 Å². The quantitative estimate of drug-likeness (QED) is 0.920. The van der Waals surface area contributed by atoms with E-state index in [-0.39, 0.29) is 5.82 Å². The molecule has 0 aliphatic carbocycles. The van der Waals surface area contributed by atoms with E-state index in [1.54, 1.807) is 12.3 Å². The Morgan fingerprint density at radius 3 is 2.94 bits per heavy atom. The summed E-state index contributed by atoms with van der Waals surface area (Å²) in [6, 6.07) is 6.70. The molecule has 0 spiro atoms. The molecule has 0 unspecified atom stereocenters. The maximum atomic E-state index is 13.0. The predicted octanol–water partition coefficient (Wildman–Crippen LogP) is 2.94. The largest absolute Gasteiger partial charge is 0.311 e. The van der Waals surface area contributed by atoms with Crippen molar-refractivity contribution in [2.75, 3.05) is 6.54 Å². The lowest BCUT2D eigenvalue weighted by Gasteiger charge is -2.09. The summed E-state index contributed by atoms with van der Waals surface area (Å²) in [5, 5.41) is 7.56. The van der Waals surface area contributed by atoms with Gasteiger partial charge in [0.05, 0.1) is 12.2 Å². The molecule has 0 aliphatic rings. The Kier molecular flexibility index (Phi) is 4.49. The van der Waals surface area contributed by atoms with Crippen molar-refractivity contribution < 1.29 is 4.39 Å². The van der Waals surface area contributed by atoms with Crippen molar-refractivity contribution >= 4 is 15.9 Å². The van der Waals surface area contributed by atoms with Crippen LogP contribution in [-0.2, 0) is 13.1 Å². The maximum absolute atomic E-state index is 13.0. The van der Waals surface area contributed by atoms with E-state index in [4.69, 9.17) is 0 Å². The smallest absolute Gasteiger partial charge is 0.124 e. The maximum Gasteiger partial charge on any atom is 0.124 e. The van der Waals surface area contributed by atoms with Gasteiger partial charge < -0.3 is 5.32 Å². The van der Waals surface area contributed by atoms with Gasteiger partial charge in [0.1, 0.15) is 5.82 Å². The minimum absolute atomic E-state index is 0.237. The van der Waals surface area contributed by atoms with E-state index in [0.29, 0.717) is 6.54 Å². The van der Waals surface area contributed by atoms with Crippen LogP contribution in [0.2, 0.25) is 0 Å². The second kappa shape index (κ2) is 6.11. The number of nitrogens with one attached hydrogen (secondary N) is 1. The molecule has 0 bridgehead atoms. The Hall–Kier alpha value is -1.20. The van der Waals surface area contributed by atoms with E-state index < -0.39 is 0 Å². The van der Waals surface area contributed by atoms with Gasteiger partial charge in [0, 0.05) is 17.2 Å². The van der Waals surface area contributed by atoms with Crippen molar-refractivity contribution in [3.05, 3.63) is 52.0 Å². The molecule has 0 saturated carbocycles. The number of nitrogens with zero attached hydrogens (tertiary/aromatic N) is 2. The molecule has 2 rings (SSSR count). The average molecular weight is 312 g/mol. The highest BCUT2D eigenvalue weighted by Crippen LogP contribution is 2.19. The van der Waals surface area contributed by atoms with Gasteiger partial charge in [0.15, 0.2) is 0 Å². The molecular formula is C13H15BrFN3. The zero-order valence-corrected chi connectivity index (χ0v) is 11.7. The minimum Gasteiger partial charge on any atom is -0.311 e. The third-order valence-corrected chi connectivity index (χ3v) is 3.43. The van der Waals surface area contributed by atoms with Gasteiger partial charge in [-0.3, -0.25) is 4.68 Å². The predicted molar refractivity (Wildman–Crippen MR) is 72.8 cm³/mol. The summed E-state index contributed by atoms with van der Waals surface area (Å²) in [7, 11) is 0. The standard InChI is InChI=1S/C13H15BrFN3/c1-2-16-8-12-5-6-17-18(12)9-10-3-4-11(15)7-13(10)14/h3-7,16H,2,8-9H2,1H3. The molecule has 0 amide bonds. The summed E-state index contributed by atoms with van der Waals surface area (Å²) in [4.78, 5) is 0. The monoisotopic (exact) mass is 311 g/mol. The Morgan fingerprint density at radius 2 is 2.22 bits per heavy atom. The van der Waals surface area contributed by atoms with E-state index in [1.807, 2.05) is 10.7 Å². The van der Waals surface area contributed by atoms with Crippen LogP contribution in [0.3, 0.4) is 0 Å². The van der Waals surface area contributed by atoms with Crippen LogP contribution in [0.25, 0.3) is 0 Å². The fourth-order valence-corrected chi connectivity index (χ4v) is 2.19. The zero-order chi connectivity index (χ0) is 13.0. The van der Waals surface area contributed by atoms with Crippen molar-refractivity contribution in [3.8, 4) is 0 Å². The first-order valence-corrected chi connectivity index (χ1v) is 6.65. The Labute approximate surface area is 114 Å². The van der Waals surface area contributed by atoms with Crippen molar-refractivity contribution in [2.24, 2.45) is 0 Å². The SMILES string of the molecule is CCNCc1ccnn1Cc1ccc(F)cc1Br. The normalized spacial score (nSPS) is 10.8. The lowest BCUT2D eigenvalue weighted by molar-refractivity contribution is 0.600. The van der Waals surface area contributed by atoms with Crippen molar-refractivity contribution in [2.45, 2.75) is 20.0 Å². The lowest BCUT2D eigenvalue weighted by Crippen LogP contribution is -2.16. The Morgan fingerprint density at radius 1 is 1.39 bits per heavy atom. The minimum atomic E-state index is -0.237. The lowest BCUT2D eigenvalue weighted by atomic mass is 10.2. The van der Waals surface area contributed by atoms with Gasteiger partial charge in [-0.1, -0.05) is 28.9 Å². The van der Waals surface area contributed by atoms with Crippen LogP contribution in [-0.4, -0.2) is 16.3 Å². The molecule has 2 aromatic rings. The van der Waals surface area contributed by atoms with E-state index in [9.17, 15) is 4.39 Å². The Balaban J connectivity index is 2.15. The molecule has 1 aromatic heterocycles. The van der Waals surface area contributed by atoms with Crippen molar-refractivity contribution in [3.63, 3.8) is 0 Å². The summed E-state index contributed by atoms with van der Waals surface area (Å²) >= 11 is 3.37.